The van der Waals surface area contributed by atoms with E-state index in [-0.39, 0.29) is 0 Å². The van der Waals surface area contributed by atoms with Crippen molar-refractivity contribution in [3.05, 3.63) is 12.2 Å². The number of allylic oxidation sites excluding steroid dienone is 2. The summed E-state index contributed by atoms with van der Waals surface area (Å²) in [7, 11) is 1.17. The maximum Gasteiger partial charge on any atom is 0.0908 e. The first-order chi connectivity index (χ1) is 2.91. The first-order valence-electron chi connectivity index (χ1n) is 1.96. The first-order valence-corrected chi connectivity index (χ1v) is 3.38. The van der Waals surface area contributed by atoms with E-state index in [1.54, 1.807) is 0 Å². The molecule has 2 heteroatoms. The molecular weight excluding hydrogens is 90.1 g/mol. The van der Waals surface area contributed by atoms with Gasteiger partial charge in [0.2, 0.25) is 0 Å². The normalized spacial score (nSPS) is 9.17. The quantitative estimate of drug-likeness (QED) is 0.330. The molecule has 0 rings (SSSR count). The fraction of sp³-hybridized carbons (Fsp3) is 0.250. The predicted octanol–water partition coefficient (Wildman–Crippen LogP) is -0.150. The number of hydrogen-bond donors (Lipinski definition) is 0. The summed E-state index contributed by atoms with van der Waals surface area (Å²) in [4.78, 5) is 0. The second kappa shape index (κ2) is 4.45. The zero-order chi connectivity index (χ0) is 4.83. The van der Waals surface area contributed by atoms with E-state index in [0.29, 0.717) is 0 Å². The lowest BCUT2D eigenvalue weighted by Crippen LogP contribution is -1.53. The summed E-state index contributed by atoms with van der Waals surface area (Å²) in [5, 5.41) is 7.88. The van der Waals surface area contributed by atoms with E-state index in [4.69, 9.17) is 5.26 Å². The number of hydrogen-bond acceptors (Lipinski definition) is 1. The minimum absolute atomic E-state index is 1.09. The minimum atomic E-state index is 1.09. The Morgan fingerprint density at radius 3 is 2.67 bits per heavy atom. The highest BCUT2D eigenvalue weighted by molar-refractivity contribution is 6.09. The molecule has 0 N–H and O–H groups in total. The van der Waals surface area contributed by atoms with Crippen LogP contribution in [0.2, 0.25) is 6.04 Å². The Kier molecular flexibility index (Phi) is 4.04. The Hall–Kier alpha value is -0.553. The molecule has 6 heavy (non-hydrogen) atoms. The van der Waals surface area contributed by atoms with Crippen LogP contribution in [0.1, 0.15) is 0 Å². The van der Waals surface area contributed by atoms with Gasteiger partial charge in [-0.3, -0.25) is 0 Å². The molecule has 0 heterocycles. The highest BCUT2D eigenvalue weighted by Crippen LogP contribution is 1.71. The molecule has 0 aliphatic heterocycles. The summed E-state index contributed by atoms with van der Waals surface area (Å²) >= 11 is 0. The highest BCUT2D eigenvalue weighted by atomic mass is 28.1. The van der Waals surface area contributed by atoms with Crippen molar-refractivity contribution in [3.8, 4) is 6.07 Å². The van der Waals surface area contributed by atoms with Crippen molar-refractivity contribution in [1.29, 1.82) is 5.26 Å². The largest absolute Gasteiger partial charge is 0.193 e. The Labute approximate surface area is 40.7 Å². The zero-order valence-electron chi connectivity index (χ0n) is 3.81. The molecule has 0 amide bonds. The van der Waals surface area contributed by atoms with Gasteiger partial charge in [-0.1, -0.05) is 6.08 Å². The SMILES string of the molecule is N#C/C=C/C[SiH3]. The van der Waals surface area contributed by atoms with Crippen LogP contribution in [0.25, 0.3) is 0 Å². The fourth-order valence-electron chi connectivity index (χ4n) is 0.171. The van der Waals surface area contributed by atoms with Gasteiger partial charge in [0.05, 0.1) is 6.07 Å². The molecule has 0 spiro atoms. The molecule has 0 atom stereocenters. The second-order valence-electron chi connectivity index (χ2n) is 0.940. The summed E-state index contributed by atoms with van der Waals surface area (Å²) in [5.41, 5.74) is 0. The molecular formula is C4H7NSi. The smallest absolute Gasteiger partial charge is 0.0908 e. The molecule has 0 unspecified atom stereocenters. The number of nitriles is 1. The summed E-state index contributed by atoms with van der Waals surface area (Å²) < 4.78 is 0. The van der Waals surface area contributed by atoms with Crippen LogP contribution in [0.15, 0.2) is 12.2 Å². The number of rotatable bonds is 1. The maximum atomic E-state index is 7.88. The van der Waals surface area contributed by atoms with Gasteiger partial charge in [0.25, 0.3) is 0 Å². The van der Waals surface area contributed by atoms with Crippen LogP contribution < -0.4 is 0 Å². The van der Waals surface area contributed by atoms with Crippen molar-refractivity contribution in [2.24, 2.45) is 0 Å². The average molecular weight is 97.2 g/mol. The lowest BCUT2D eigenvalue weighted by Gasteiger charge is -1.63. The Bertz CT molecular complexity index is 80.0. The standard InChI is InChI=1S/C4H7NSi/c5-3-1-2-4-6/h1-2H,4H2,6H3/b2-1+. The minimum Gasteiger partial charge on any atom is -0.193 e. The lowest BCUT2D eigenvalue weighted by molar-refractivity contribution is 1.53. The van der Waals surface area contributed by atoms with Gasteiger partial charge in [-0.25, -0.2) is 0 Å². The van der Waals surface area contributed by atoms with E-state index in [1.165, 1.54) is 16.3 Å². The monoisotopic (exact) mass is 97.0 g/mol. The van der Waals surface area contributed by atoms with Gasteiger partial charge in [0, 0.05) is 16.3 Å². The molecule has 0 saturated heterocycles. The van der Waals surface area contributed by atoms with E-state index in [9.17, 15) is 0 Å². The van der Waals surface area contributed by atoms with E-state index in [2.05, 4.69) is 0 Å². The van der Waals surface area contributed by atoms with Crippen LogP contribution in [0.3, 0.4) is 0 Å². The third-order valence-electron chi connectivity index (χ3n) is 0.428. The third-order valence-corrected chi connectivity index (χ3v) is 0.899. The lowest BCUT2D eigenvalue weighted by atomic mass is 10.6. The molecule has 0 radical (unpaired) electrons. The van der Waals surface area contributed by atoms with Gasteiger partial charge < -0.3 is 0 Å². The molecule has 0 aromatic carbocycles. The predicted molar refractivity (Wildman–Crippen MR) is 29.5 cm³/mol. The summed E-state index contributed by atoms with van der Waals surface area (Å²) in [5.74, 6) is 0. The van der Waals surface area contributed by atoms with Gasteiger partial charge in [0.15, 0.2) is 0 Å². The molecule has 0 aliphatic rings. The summed E-state index contributed by atoms with van der Waals surface area (Å²) in [6.07, 6.45) is 3.40. The average Bonchev–Trinajstić information content (AvgIpc) is 1.61. The summed E-state index contributed by atoms with van der Waals surface area (Å²) in [6.45, 7) is 0. The van der Waals surface area contributed by atoms with Crippen LogP contribution in [0.5, 0.6) is 0 Å². The van der Waals surface area contributed by atoms with Gasteiger partial charge in [-0.15, -0.1) is 0 Å². The van der Waals surface area contributed by atoms with Crippen molar-refractivity contribution in [3.63, 3.8) is 0 Å². The van der Waals surface area contributed by atoms with E-state index < -0.39 is 0 Å². The van der Waals surface area contributed by atoms with Crippen LogP contribution in [0, 0.1) is 11.3 Å². The zero-order valence-corrected chi connectivity index (χ0v) is 5.81. The maximum absolute atomic E-state index is 7.88. The first kappa shape index (κ1) is 5.45. The van der Waals surface area contributed by atoms with Crippen LogP contribution >= 0.6 is 0 Å². The molecule has 0 aromatic rings. The Morgan fingerprint density at radius 2 is 2.50 bits per heavy atom. The molecule has 0 aromatic heterocycles. The molecule has 32 valence electrons. The molecule has 0 fully saturated rings. The fourth-order valence-corrected chi connectivity index (χ4v) is 0.406. The van der Waals surface area contributed by atoms with Gasteiger partial charge in [-0.2, -0.15) is 5.26 Å². The van der Waals surface area contributed by atoms with Crippen LogP contribution in [0.4, 0.5) is 0 Å². The summed E-state index contributed by atoms with van der Waals surface area (Å²) in [6, 6.07) is 3.00. The van der Waals surface area contributed by atoms with E-state index in [0.717, 1.165) is 6.04 Å². The van der Waals surface area contributed by atoms with Crippen molar-refractivity contribution >= 4 is 10.2 Å². The highest BCUT2D eigenvalue weighted by Gasteiger charge is 1.58. The van der Waals surface area contributed by atoms with Crippen molar-refractivity contribution in [1.82, 2.24) is 0 Å². The van der Waals surface area contributed by atoms with Crippen LogP contribution in [-0.2, 0) is 0 Å². The van der Waals surface area contributed by atoms with Gasteiger partial charge in [-0.05, 0) is 6.04 Å². The molecule has 0 bridgehead atoms. The van der Waals surface area contributed by atoms with E-state index >= 15 is 0 Å². The third kappa shape index (κ3) is 3.45. The molecule has 0 aliphatic carbocycles. The van der Waals surface area contributed by atoms with Gasteiger partial charge in [0.1, 0.15) is 0 Å². The molecule has 1 nitrogen and oxygen atoms in total. The number of nitrogens with zero attached hydrogens (tertiary/aromatic N) is 1. The second-order valence-corrected chi connectivity index (χ2v) is 1.76. The topological polar surface area (TPSA) is 23.8 Å². The van der Waals surface area contributed by atoms with Crippen molar-refractivity contribution in [2.75, 3.05) is 0 Å². The van der Waals surface area contributed by atoms with Crippen molar-refractivity contribution in [2.45, 2.75) is 6.04 Å². The molecule has 0 saturated carbocycles. The Balaban J connectivity index is 3.02. The van der Waals surface area contributed by atoms with Gasteiger partial charge >= 0.3 is 0 Å². The Morgan fingerprint density at radius 1 is 1.83 bits per heavy atom. The van der Waals surface area contributed by atoms with Crippen molar-refractivity contribution < 1.29 is 0 Å². The van der Waals surface area contributed by atoms with Crippen LogP contribution in [-0.4, -0.2) is 10.2 Å². The van der Waals surface area contributed by atoms with E-state index in [1.807, 2.05) is 12.1 Å².